The molecule has 3 rings (SSSR count). The minimum atomic E-state index is -3.68. The van der Waals surface area contributed by atoms with Crippen LogP contribution in [0.2, 0.25) is 0 Å². The first-order valence-corrected chi connectivity index (χ1v) is 9.59. The summed E-state index contributed by atoms with van der Waals surface area (Å²) in [6.45, 7) is 0.288. The zero-order valence-corrected chi connectivity index (χ0v) is 15.4. The van der Waals surface area contributed by atoms with Gasteiger partial charge in [-0.1, -0.05) is 29.5 Å². The van der Waals surface area contributed by atoms with E-state index in [-0.39, 0.29) is 18.0 Å². The lowest BCUT2D eigenvalue weighted by atomic mass is 10.1. The molecule has 0 atom stereocenters. The molecule has 0 aliphatic carbocycles. The van der Waals surface area contributed by atoms with E-state index in [9.17, 15) is 8.42 Å². The molecule has 138 valence electrons. The lowest BCUT2D eigenvalue weighted by molar-refractivity contribution is 0.276. The van der Waals surface area contributed by atoms with Crippen LogP contribution in [0.15, 0.2) is 47.5 Å². The average Bonchev–Trinajstić information content (AvgIpc) is 3.08. The molecule has 0 aliphatic heterocycles. The molecule has 2 N–H and O–H groups in total. The van der Waals surface area contributed by atoms with E-state index in [1.807, 2.05) is 43.3 Å². The highest BCUT2D eigenvalue weighted by atomic mass is 32.2. The Morgan fingerprint density at radius 1 is 1.15 bits per heavy atom. The molecule has 9 heteroatoms. The van der Waals surface area contributed by atoms with Gasteiger partial charge in [0.2, 0.25) is 10.0 Å². The van der Waals surface area contributed by atoms with Crippen LogP contribution in [-0.4, -0.2) is 49.2 Å². The van der Waals surface area contributed by atoms with Crippen LogP contribution in [0.25, 0.3) is 10.8 Å². The molecule has 0 radical (unpaired) electrons. The Balaban J connectivity index is 1.84. The third-order valence-electron chi connectivity index (χ3n) is 4.01. The molecule has 0 spiro atoms. The van der Waals surface area contributed by atoms with Crippen molar-refractivity contribution in [3.63, 3.8) is 0 Å². The maximum Gasteiger partial charge on any atom is 0.241 e. The summed E-state index contributed by atoms with van der Waals surface area (Å²) >= 11 is 0. The molecular formula is C17H21N5O3S. The maximum atomic E-state index is 12.8. The number of benzene rings is 2. The minimum Gasteiger partial charge on any atom is -0.390 e. The predicted octanol–water partition coefficient (Wildman–Crippen LogP) is 0.968. The van der Waals surface area contributed by atoms with Crippen LogP contribution in [-0.2, 0) is 23.2 Å². The maximum absolute atomic E-state index is 12.8. The molecule has 0 saturated heterocycles. The first-order chi connectivity index (χ1) is 12.4. The zero-order chi connectivity index (χ0) is 18.7. The van der Waals surface area contributed by atoms with Crippen molar-refractivity contribution in [1.82, 2.24) is 19.7 Å². The summed E-state index contributed by atoms with van der Waals surface area (Å²) in [7, 11) is 0.169. The second kappa shape index (κ2) is 7.40. The van der Waals surface area contributed by atoms with Crippen molar-refractivity contribution >= 4 is 26.5 Å². The average molecular weight is 375 g/mol. The van der Waals surface area contributed by atoms with Gasteiger partial charge in [-0.25, -0.2) is 13.1 Å². The van der Waals surface area contributed by atoms with Gasteiger partial charge < -0.3 is 10.0 Å². The molecule has 0 aliphatic rings. The van der Waals surface area contributed by atoms with E-state index in [2.05, 4.69) is 15.0 Å². The summed E-state index contributed by atoms with van der Waals surface area (Å²) in [5, 5.41) is 18.1. The van der Waals surface area contributed by atoms with Crippen LogP contribution in [0.4, 0.5) is 5.69 Å². The van der Waals surface area contributed by atoms with Crippen molar-refractivity contribution in [2.24, 2.45) is 0 Å². The van der Waals surface area contributed by atoms with Crippen molar-refractivity contribution in [2.45, 2.75) is 18.0 Å². The SMILES string of the molecule is CN(C)c1cccc2c(S(=O)(=O)NCCn3cc(CO)nn3)cccc12. The summed E-state index contributed by atoms with van der Waals surface area (Å²) in [5.41, 5.74) is 1.40. The number of aromatic nitrogens is 3. The number of hydrogen-bond donors (Lipinski definition) is 2. The van der Waals surface area contributed by atoms with E-state index in [0.717, 1.165) is 11.1 Å². The summed E-state index contributed by atoms with van der Waals surface area (Å²) in [6.07, 6.45) is 1.58. The van der Waals surface area contributed by atoms with Gasteiger partial charge in [0.1, 0.15) is 5.69 Å². The summed E-state index contributed by atoms with van der Waals surface area (Å²) in [6, 6.07) is 10.9. The monoisotopic (exact) mass is 375 g/mol. The van der Waals surface area contributed by atoms with Crippen LogP contribution < -0.4 is 9.62 Å². The fraction of sp³-hybridized carbons (Fsp3) is 0.294. The summed E-state index contributed by atoms with van der Waals surface area (Å²) in [4.78, 5) is 2.20. The largest absolute Gasteiger partial charge is 0.390 e. The van der Waals surface area contributed by atoms with E-state index in [0.29, 0.717) is 17.6 Å². The van der Waals surface area contributed by atoms with Crippen LogP contribution >= 0.6 is 0 Å². The van der Waals surface area contributed by atoms with E-state index in [1.54, 1.807) is 18.3 Å². The van der Waals surface area contributed by atoms with Crippen LogP contribution in [0, 0.1) is 0 Å². The molecule has 0 saturated carbocycles. The number of rotatable bonds is 7. The van der Waals surface area contributed by atoms with Gasteiger partial charge in [-0.3, -0.25) is 4.68 Å². The fourth-order valence-corrected chi connectivity index (χ4v) is 4.02. The summed E-state index contributed by atoms with van der Waals surface area (Å²) in [5.74, 6) is 0. The molecule has 3 aromatic rings. The first kappa shape index (κ1) is 18.3. The van der Waals surface area contributed by atoms with Gasteiger partial charge in [0.15, 0.2) is 0 Å². The van der Waals surface area contributed by atoms with Gasteiger partial charge in [0.25, 0.3) is 0 Å². The molecule has 8 nitrogen and oxygen atoms in total. The van der Waals surface area contributed by atoms with Crippen molar-refractivity contribution in [2.75, 3.05) is 25.5 Å². The molecule has 1 heterocycles. The normalized spacial score (nSPS) is 11.8. The first-order valence-electron chi connectivity index (χ1n) is 8.11. The standard InChI is InChI=1S/C17H21N5O3S/c1-21(2)16-7-3-6-15-14(16)5-4-8-17(15)26(24,25)18-9-10-22-11-13(12-23)19-20-22/h3-8,11,18,23H,9-10,12H2,1-2H3. The smallest absolute Gasteiger partial charge is 0.241 e. The fourth-order valence-electron chi connectivity index (χ4n) is 2.78. The molecule has 0 fully saturated rings. The number of nitrogens with one attached hydrogen (secondary N) is 1. The number of fused-ring (bicyclic) bond motifs is 1. The van der Waals surface area contributed by atoms with E-state index in [1.165, 1.54) is 4.68 Å². The van der Waals surface area contributed by atoms with E-state index in [4.69, 9.17) is 5.11 Å². The molecule has 1 aromatic heterocycles. The molecule has 0 bridgehead atoms. The molecule has 2 aromatic carbocycles. The third kappa shape index (κ3) is 3.69. The zero-order valence-electron chi connectivity index (χ0n) is 14.6. The quantitative estimate of drug-likeness (QED) is 0.638. The van der Waals surface area contributed by atoms with Crippen LogP contribution in [0.3, 0.4) is 0 Å². The Kier molecular flexibility index (Phi) is 5.21. The topological polar surface area (TPSA) is 100 Å². The second-order valence-corrected chi connectivity index (χ2v) is 7.79. The number of aliphatic hydroxyl groups excluding tert-OH is 1. The van der Waals surface area contributed by atoms with Crippen molar-refractivity contribution < 1.29 is 13.5 Å². The highest BCUT2D eigenvalue weighted by Gasteiger charge is 2.18. The van der Waals surface area contributed by atoms with Gasteiger partial charge >= 0.3 is 0 Å². The third-order valence-corrected chi connectivity index (χ3v) is 5.53. The second-order valence-electron chi connectivity index (χ2n) is 6.05. The van der Waals surface area contributed by atoms with Crippen LogP contribution in [0.5, 0.6) is 0 Å². The van der Waals surface area contributed by atoms with E-state index >= 15 is 0 Å². The van der Waals surface area contributed by atoms with Gasteiger partial charge in [0, 0.05) is 37.1 Å². The lowest BCUT2D eigenvalue weighted by Gasteiger charge is -2.17. The van der Waals surface area contributed by atoms with Crippen molar-refractivity contribution in [3.8, 4) is 0 Å². The number of sulfonamides is 1. The minimum absolute atomic E-state index is 0.167. The highest BCUT2D eigenvalue weighted by molar-refractivity contribution is 7.89. The van der Waals surface area contributed by atoms with Crippen LogP contribution in [0.1, 0.15) is 5.69 Å². The van der Waals surface area contributed by atoms with Crippen molar-refractivity contribution in [3.05, 3.63) is 48.3 Å². The number of aliphatic hydroxyl groups is 1. The Labute approximate surface area is 152 Å². The van der Waals surface area contributed by atoms with Crippen molar-refractivity contribution in [1.29, 1.82) is 0 Å². The molecular weight excluding hydrogens is 354 g/mol. The predicted molar refractivity (Wildman–Crippen MR) is 99.4 cm³/mol. The summed E-state index contributed by atoms with van der Waals surface area (Å²) < 4.78 is 29.6. The van der Waals surface area contributed by atoms with Gasteiger partial charge in [0.05, 0.1) is 24.2 Å². The van der Waals surface area contributed by atoms with E-state index < -0.39 is 10.0 Å². The van der Waals surface area contributed by atoms with Gasteiger partial charge in [-0.2, -0.15) is 0 Å². The molecule has 0 amide bonds. The number of nitrogens with zero attached hydrogens (tertiary/aromatic N) is 4. The Morgan fingerprint density at radius 2 is 1.88 bits per heavy atom. The van der Waals surface area contributed by atoms with Gasteiger partial charge in [-0.05, 0) is 12.1 Å². The highest BCUT2D eigenvalue weighted by Crippen LogP contribution is 2.29. The Morgan fingerprint density at radius 3 is 2.58 bits per heavy atom. The molecule has 26 heavy (non-hydrogen) atoms. The molecule has 0 unspecified atom stereocenters. The number of anilines is 1. The Hall–Kier alpha value is -2.49. The number of hydrogen-bond acceptors (Lipinski definition) is 6. The Bertz CT molecular complexity index is 1010. The van der Waals surface area contributed by atoms with Gasteiger partial charge in [-0.15, -0.1) is 5.10 Å². The lowest BCUT2D eigenvalue weighted by Crippen LogP contribution is -2.27.